The van der Waals surface area contributed by atoms with Gasteiger partial charge in [-0.15, -0.1) is 0 Å². The molecule has 2 aromatic carbocycles. The molecule has 2 atom stereocenters. The Morgan fingerprint density at radius 1 is 1.03 bits per heavy atom. The normalized spacial score (nSPS) is 19.4. The molecule has 2 fully saturated rings. The number of nitrogens with zero attached hydrogens (tertiary/aromatic N) is 1. The fraction of sp³-hybridized carbons (Fsp3) is 0.304. The number of nitrogens with one attached hydrogen (secondary N) is 4. The Hall–Kier alpha value is -4.06. The van der Waals surface area contributed by atoms with Crippen LogP contribution in [0.4, 0.5) is 29.7 Å². The van der Waals surface area contributed by atoms with E-state index in [-0.39, 0.29) is 31.3 Å². The number of halogens is 2. The first-order chi connectivity index (χ1) is 16.8. The van der Waals surface area contributed by atoms with Gasteiger partial charge < -0.3 is 26.0 Å². The maximum Gasteiger partial charge on any atom is 0.324 e. The highest BCUT2D eigenvalue weighted by molar-refractivity contribution is 6.02. The van der Waals surface area contributed by atoms with Crippen molar-refractivity contribution in [3.05, 3.63) is 59.7 Å². The van der Waals surface area contributed by atoms with Crippen LogP contribution in [-0.2, 0) is 14.3 Å². The molecule has 12 heteroatoms. The van der Waals surface area contributed by atoms with Crippen molar-refractivity contribution in [2.75, 3.05) is 30.3 Å². The van der Waals surface area contributed by atoms with Crippen LogP contribution in [-0.4, -0.2) is 54.5 Å². The molecule has 35 heavy (non-hydrogen) atoms. The van der Waals surface area contributed by atoms with E-state index in [9.17, 15) is 28.0 Å². The average Bonchev–Trinajstić information content (AvgIpc) is 3.41. The minimum atomic E-state index is -0.983. The van der Waals surface area contributed by atoms with Gasteiger partial charge in [0, 0.05) is 30.9 Å². The van der Waals surface area contributed by atoms with Gasteiger partial charge in [-0.3, -0.25) is 14.5 Å². The van der Waals surface area contributed by atoms with Gasteiger partial charge in [-0.2, -0.15) is 0 Å². The lowest BCUT2D eigenvalue weighted by molar-refractivity contribution is -0.125. The van der Waals surface area contributed by atoms with Crippen LogP contribution in [0, 0.1) is 11.6 Å². The summed E-state index contributed by atoms with van der Waals surface area (Å²) in [5.41, 5.74) is 1.37. The summed E-state index contributed by atoms with van der Waals surface area (Å²) in [6.07, 6.45) is -0.146. The Balaban J connectivity index is 1.26. The lowest BCUT2D eigenvalue weighted by Gasteiger charge is -2.20. The Bertz CT molecular complexity index is 1130. The van der Waals surface area contributed by atoms with E-state index >= 15 is 0 Å². The molecule has 0 saturated carbocycles. The fourth-order valence-corrected chi connectivity index (χ4v) is 3.85. The summed E-state index contributed by atoms with van der Waals surface area (Å²) in [5.74, 6) is -2.69. The lowest BCUT2D eigenvalue weighted by Crippen LogP contribution is -2.39. The van der Waals surface area contributed by atoms with Crippen molar-refractivity contribution in [2.24, 2.45) is 0 Å². The number of anilines is 2. The summed E-state index contributed by atoms with van der Waals surface area (Å²) in [6, 6.07) is 8.41. The average molecular weight is 487 g/mol. The van der Waals surface area contributed by atoms with Crippen molar-refractivity contribution in [1.29, 1.82) is 0 Å². The Labute approximate surface area is 199 Å². The van der Waals surface area contributed by atoms with E-state index < -0.39 is 35.8 Å². The van der Waals surface area contributed by atoms with E-state index in [4.69, 9.17) is 4.74 Å². The van der Waals surface area contributed by atoms with E-state index in [1.165, 1.54) is 6.07 Å². The number of benzene rings is 2. The number of imide groups is 1. The summed E-state index contributed by atoms with van der Waals surface area (Å²) < 4.78 is 32.4. The summed E-state index contributed by atoms with van der Waals surface area (Å²) in [5, 5.41) is 10.5. The van der Waals surface area contributed by atoms with Crippen molar-refractivity contribution in [3.8, 4) is 0 Å². The quantitative estimate of drug-likeness (QED) is 0.446. The molecule has 0 aliphatic carbocycles. The maximum atomic E-state index is 13.6. The van der Waals surface area contributed by atoms with Gasteiger partial charge in [0.15, 0.2) is 11.6 Å². The zero-order valence-electron chi connectivity index (χ0n) is 18.5. The number of urea groups is 2. The number of carbonyl (C=O) groups is 4. The molecular formula is C23H23F2N5O5. The lowest BCUT2D eigenvalue weighted by atomic mass is 10.0. The van der Waals surface area contributed by atoms with Crippen LogP contribution in [0.2, 0.25) is 0 Å². The fourth-order valence-electron chi connectivity index (χ4n) is 3.85. The predicted molar refractivity (Wildman–Crippen MR) is 120 cm³/mol. The van der Waals surface area contributed by atoms with Gasteiger partial charge in [-0.1, -0.05) is 6.07 Å². The van der Waals surface area contributed by atoms with E-state index in [1.54, 1.807) is 24.3 Å². The third kappa shape index (κ3) is 5.90. The number of rotatable bonds is 7. The van der Waals surface area contributed by atoms with Gasteiger partial charge in [0.2, 0.25) is 11.8 Å². The summed E-state index contributed by atoms with van der Waals surface area (Å²) >= 11 is 0. The smallest absolute Gasteiger partial charge is 0.324 e. The predicted octanol–water partition coefficient (Wildman–Crippen LogP) is 2.50. The molecule has 10 nitrogen and oxygen atoms in total. The van der Waals surface area contributed by atoms with Crippen molar-refractivity contribution >= 4 is 35.3 Å². The second-order valence-corrected chi connectivity index (χ2v) is 8.04. The molecule has 2 heterocycles. The van der Waals surface area contributed by atoms with Crippen molar-refractivity contribution < 1.29 is 32.7 Å². The van der Waals surface area contributed by atoms with E-state index in [0.29, 0.717) is 30.0 Å². The SMILES string of the molecule is O=C(CCN1C(=O)CNC1=O)Nc1ccc(NC(=O)NC2CCO[C@H]2c2ccc(F)c(F)c2)cc1. The molecule has 0 bridgehead atoms. The molecule has 2 aliphatic rings. The van der Waals surface area contributed by atoms with Gasteiger partial charge in [0.05, 0.1) is 12.6 Å². The summed E-state index contributed by atoms with van der Waals surface area (Å²) in [4.78, 5) is 48.6. The second-order valence-electron chi connectivity index (χ2n) is 8.04. The highest BCUT2D eigenvalue weighted by Gasteiger charge is 2.31. The minimum Gasteiger partial charge on any atom is -0.371 e. The van der Waals surface area contributed by atoms with Gasteiger partial charge in [-0.05, 0) is 48.4 Å². The molecule has 0 spiro atoms. The van der Waals surface area contributed by atoms with E-state index in [2.05, 4.69) is 21.3 Å². The monoisotopic (exact) mass is 487 g/mol. The van der Waals surface area contributed by atoms with E-state index in [0.717, 1.165) is 17.0 Å². The van der Waals surface area contributed by atoms with E-state index in [1.807, 2.05) is 0 Å². The van der Waals surface area contributed by atoms with Gasteiger partial charge in [-0.25, -0.2) is 18.4 Å². The standard InChI is InChI=1S/C23H23F2N5O5/c24-16-6-1-13(11-17(16)25)21-18(8-10-35-21)29-22(33)28-15-4-2-14(3-5-15)27-19(31)7-9-30-20(32)12-26-23(30)34/h1-6,11,18,21H,7-10,12H2,(H,26,34)(H,27,31)(H2,28,29,33)/t18?,21-/m0/s1. The first kappa shape index (κ1) is 24.1. The Morgan fingerprint density at radius 3 is 2.40 bits per heavy atom. The zero-order valence-corrected chi connectivity index (χ0v) is 18.5. The molecule has 0 aromatic heterocycles. The van der Waals surface area contributed by atoms with Crippen molar-refractivity contribution in [1.82, 2.24) is 15.5 Å². The first-order valence-corrected chi connectivity index (χ1v) is 10.9. The molecule has 2 aromatic rings. The summed E-state index contributed by atoms with van der Waals surface area (Å²) in [7, 11) is 0. The van der Waals surface area contributed by atoms with Crippen molar-refractivity contribution in [2.45, 2.75) is 25.0 Å². The molecular weight excluding hydrogens is 464 g/mol. The van der Waals surface area contributed by atoms with Crippen molar-refractivity contribution in [3.63, 3.8) is 0 Å². The molecule has 6 amide bonds. The highest BCUT2D eigenvalue weighted by atomic mass is 19.2. The minimum absolute atomic E-state index is 0.0211. The third-order valence-corrected chi connectivity index (χ3v) is 5.61. The van der Waals surface area contributed by atoms with Crippen LogP contribution in [0.25, 0.3) is 0 Å². The maximum absolute atomic E-state index is 13.6. The van der Waals surface area contributed by atoms with Crippen LogP contribution >= 0.6 is 0 Å². The number of ether oxygens (including phenoxy) is 1. The topological polar surface area (TPSA) is 129 Å². The number of hydrogen-bond acceptors (Lipinski definition) is 5. The molecule has 1 unspecified atom stereocenters. The summed E-state index contributed by atoms with van der Waals surface area (Å²) in [6.45, 7) is 0.272. The van der Waals surface area contributed by atoms with Crippen LogP contribution in [0.15, 0.2) is 42.5 Å². The number of amides is 6. The molecule has 2 aliphatic heterocycles. The van der Waals surface area contributed by atoms with Crippen LogP contribution in [0.5, 0.6) is 0 Å². The Kier molecular flexibility index (Phi) is 7.20. The molecule has 4 N–H and O–H groups in total. The Morgan fingerprint density at radius 2 is 1.74 bits per heavy atom. The largest absolute Gasteiger partial charge is 0.371 e. The van der Waals surface area contributed by atoms with Gasteiger partial charge >= 0.3 is 12.1 Å². The van der Waals surface area contributed by atoms with Crippen LogP contribution in [0.1, 0.15) is 24.5 Å². The second kappa shape index (κ2) is 10.5. The zero-order chi connectivity index (χ0) is 24.9. The molecule has 0 radical (unpaired) electrons. The molecule has 2 saturated heterocycles. The van der Waals surface area contributed by atoms with Gasteiger partial charge in [0.1, 0.15) is 6.10 Å². The molecule has 184 valence electrons. The first-order valence-electron chi connectivity index (χ1n) is 10.9. The number of carbonyl (C=O) groups excluding carboxylic acids is 4. The molecule has 4 rings (SSSR count). The number of hydrogen-bond donors (Lipinski definition) is 4. The highest BCUT2D eigenvalue weighted by Crippen LogP contribution is 2.30. The van der Waals surface area contributed by atoms with Gasteiger partial charge in [0.25, 0.3) is 0 Å². The third-order valence-electron chi connectivity index (χ3n) is 5.61. The van der Waals surface area contributed by atoms with Crippen LogP contribution < -0.4 is 21.3 Å². The van der Waals surface area contributed by atoms with Crippen LogP contribution in [0.3, 0.4) is 0 Å².